The third-order valence-electron chi connectivity index (χ3n) is 1.65. The highest BCUT2D eigenvalue weighted by atomic mass is 31.1. The van der Waals surface area contributed by atoms with Gasteiger partial charge in [0, 0.05) is 0 Å². The SMILES string of the molecule is C[C@H]1CCP1C. The number of hydrogen-bond acceptors (Lipinski definition) is 0. The molecule has 1 heterocycles. The summed E-state index contributed by atoms with van der Waals surface area (Å²) in [5.41, 5.74) is 1.10. The van der Waals surface area contributed by atoms with Gasteiger partial charge in [-0.1, -0.05) is 6.92 Å². The molecule has 2 atom stereocenters. The fourth-order valence-corrected chi connectivity index (χ4v) is 1.94. The van der Waals surface area contributed by atoms with E-state index >= 15 is 0 Å². The Morgan fingerprint density at radius 2 is 2.17 bits per heavy atom. The van der Waals surface area contributed by atoms with E-state index in [9.17, 15) is 0 Å². The van der Waals surface area contributed by atoms with Crippen LogP contribution in [0.1, 0.15) is 13.3 Å². The molecule has 1 rings (SSSR count). The van der Waals surface area contributed by atoms with E-state index in [1.807, 2.05) is 0 Å². The zero-order valence-corrected chi connectivity index (χ0v) is 5.33. The van der Waals surface area contributed by atoms with E-state index in [1.165, 1.54) is 12.6 Å². The Morgan fingerprint density at radius 1 is 1.67 bits per heavy atom. The van der Waals surface area contributed by atoms with E-state index in [1.54, 1.807) is 0 Å². The maximum atomic E-state index is 2.39. The van der Waals surface area contributed by atoms with Crippen LogP contribution in [0.4, 0.5) is 0 Å². The maximum absolute atomic E-state index is 2.39. The van der Waals surface area contributed by atoms with Crippen molar-refractivity contribution in [3.05, 3.63) is 0 Å². The molecule has 0 aromatic rings. The highest BCUT2D eigenvalue weighted by Crippen LogP contribution is 2.49. The van der Waals surface area contributed by atoms with Gasteiger partial charge >= 0.3 is 0 Å². The lowest BCUT2D eigenvalue weighted by molar-refractivity contribution is 0.830. The van der Waals surface area contributed by atoms with Crippen molar-refractivity contribution in [2.24, 2.45) is 0 Å². The molecule has 1 unspecified atom stereocenters. The van der Waals surface area contributed by atoms with Gasteiger partial charge in [0.2, 0.25) is 0 Å². The van der Waals surface area contributed by atoms with Crippen LogP contribution in [0.3, 0.4) is 0 Å². The predicted molar refractivity (Wildman–Crippen MR) is 31.8 cm³/mol. The van der Waals surface area contributed by atoms with Crippen molar-refractivity contribution in [1.29, 1.82) is 0 Å². The van der Waals surface area contributed by atoms with E-state index in [-0.39, 0.29) is 0 Å². The van der Waals surface area contributed by atoms with Crippen LogP contribution in [-0.4, -0.2) is 18.5 Å². The summed E-state index contributed by atoms with van der Waals surface area (Å²) in [6, 6.07) is 0. The lowest BCUT2D eigenvalue weighted by Gasteiger charge is -2.30. The molecule has 0 spiro atoms. The number of hydrogen-bond donors (Lipinski definition) is 0. The number of rotatable bonds is 0. The van der Waals surface area contributed by atoms with E-state index in [2.05, 4.69) is 13.6 Å². The van der Waals surface area contributed by atoms with E-state index in [4.69, 9.17) is 0 Å². The standard InChI is InChI=1S/C5H11P/c1-5-3-4-6(5)2/h5H,3-4H2,1-2H3/t5-,6?/m0/s1. The van der Waals surface area contributed by atoms with E-state index < -0.39 is 0 Å². The topological polar surface area (TPSA) is 0 Å². The van der Waals surface area contributed by atoms with Crippen LogP contribution in [-0.2, 0) is 0 Å². The summed E-state index contributed by atoms with van der Waals surface area (Å²) in [4.78, 5) is 0. The quantitative estimate of drug-likeness (QED) is 0.410. The van der Waals surface area contributed by atoms with E-state index in [0.717, 1.165) is 5.66 Å². The summed E-state index contributed by atoms with van der Waals surface area (Å²) in [7, 11) is 0.521. The molecule has 1 fully saturated rings. The zero-order chi connectivity index (χ0) is 4.57. The van der Waals surface area contributed by atoms with Gasteiger partial charge in [0.25, 0.3) is 0 Å². The minimum Gasteiger partial charge on any atom is -0.107 e. The first-order valence-electron chi connectivity index (χ1n) is 2.51. The molecule has 0 aliphatic carbocycles. The molecule has 0 amide bonds. The average molecular weight is 102 g/mol. The van der Waals surface area contributed by atoms with Gasteiger partial charge in [-0.2, -0.15) is 0 Å². The summed E-state index contributed by atoms with van der Waals surface area (Å²) >= 11 is 0. The van der Waals surface area contributed by atoms with Crippen LogP contribution in [0, 0.1) is 0 Å². The van der Waals surface area contributed by atoms with Crippen molar-refractivity contribution in [2.75, 3.05) is 12.8 Å². The molecule has 0 aromatic carbocycles. The molecule has 0 radical (unpaired) electrons. The Bertz CT molecular complexity index is 43.9. The third-order valence-corrected chi connectivity index (χ3v) is 4.38. The molecular weight excluding hydrogens is 91.0 g/mol. The Kier molecular flexibility index (Phi) is 1.15. The minimum atomic E-state index is 0.521. The van der Waals surface area contributed by atoms with Crippen LogP contribution in [0.2, 0.25) is 0 Å². The highest BCUT2D eigenvalue weighted by molar-refractivity contribution is 7.59. The fraction of sp³-hybridized carbons (Fsp3) is 1.00. The summed E-state index contributed by atoms with van der Waals surface area (Å²) in [6.45, 7) is 4.75. The second-order valence-electron chi connectivity index (χ2n) is 2.12. The van der Waals surface area contributed by atoms with Crippen molar-refractivity contribution in [2.45, 2.75) is 19.0 Å². The van der Waals surface area contributed by atoms with Gasteiger partial charge in [-0.05, 0) is 24.9 Å². The van der Waals surface area contributed by atoms with Gasteiger partial charge in [-0.3, -0.25) is 0 Å². The van der Waals surface area contributed by atoms with Gasteiger partial charge in [0.1, 0.15) is 0 Å². The smallest absolute Gasteiger partial charge is 0.0237 e. The van der Waals surface area contributed by atoms with Crippen LogP contribution in [0.25, 0.3) is 0 Å². The zero-order valence-electron chi connectivity index (χ0n) is 4.44. The molecule has 0 nitrogen and oxygen atoms in total. The Morgan fingerprint density at radius 3 is 2.17 bits per heavy atom. The molecule has 1 heteroatoms. The Balaban J connectivity index is 2.20. The molecule has 1 aliphatic rings. The first-order chi connectivity index (χ1) is 2.80. The lowest BCUT2D eigenvalue weighted by Crippen LogP contribution is -2.13. The average Bonchev–Trinajstić information content (AvgIpc) is 1.61. The van der Waals surface area contributed by atoms with Crippen molar-refractivity contribution in [3.63, 3.8) is 0 Å². The van der Waals surface area contributed by atoms with Crippen LogP contribution >= 0.6 is 7.92 Å². The molecule has 0 saturated carbocycles. The highest BCUT2D eigenvalue weighted by Gasteiger charge is 2.20. The molecule has 0 N–H and O–H groups in total. The van der Waals surface area contributed by atoms with Crippen LogP contribution < -0.4 is 0 Å². The monoisotopic (exact) mass is 102 g/mol. The first kappa shape index (κ1) is 4.59. The first-order valence-corrected chi connectivity index (χ1v) is 4.55. The maximum Gasteiger partial charge on any atom is -0.0237 e. The molecular formula is C5H11P. The normalized spacial score (nSPS) is 45.0. The van der Waals surface area contributed by atoms with Crippen LogP contribution in [0.5, 0.6) is 0 Å². The summed E-state index contributed by atoms with van der Waals surface area (Å²) < 4.78 is 0. The summed E-state index contributed by atoms with van der Waals surface area (Å²) in [5, 5.41) is 0. The molecule has 1 aliphatic heterocycles. The van der Waals surface area contributed by atoms with Gasteiger partial charge < -0.3 is 0 Å². The van der Waals surface area contributed by atoms with Crippen molar-refractivity contribution < 1.29 is 0 Å². The molecule has 0 bridgehead atoms. The van der Waals surface area contributed by atoms with Crippen LogP contribution in [0.15, 0.2) is 0 Å². The summed E-state index contributed by atoms with van der Waals surface area (Å²) in [6.07, 6.45) is 3.04. The molecule has 1 saturated heterocycles. The van der Waals surface area contributed by atoms with Gasteiger partial charge in [-0.15, -0.1) is 7.92 Å². The largest absolute Gasteiger partial charge is 0.107 e. The molecule has 36 valence electrons. The van der Waals surface area contributed by atoms with Gasteiger partial charge in [0.15, 0.2) is 0 Å². The fourth-order valence-electron chi connectivity index (χ4n) is 0.645. The predicted octanol–water partition coefficient (Wildman–Crippen LogP) is 1.89. The van der Waals surface area contributed by atoms with Crippen molar-refractivity contribution >= 4 is 7.92 Å². The summed E-state index contributed by atoms with van der Waals surface area (Å²) in [5.74, 6) is 0. The van der Waals surface area contributed by atoms with Gasteiger partial charge in [-0.25, -0.2) is 0 Å². The Hall–Kier alpha value is 0.430. The van der Waals surface area contributed by atoms with E-state index in [0.29, 0.717) is 7.92 Å². The lowest BCUT2D eigenvalue weighted by atomic mass is 10.3. The van der Waals surface area contributed by atoms with Crippen molar-refractivity contribution in [3.8, 4) is 0 Å². The van der Waals surface area contributed by atoms with Gasteiger partial charge in [0.05, 0.1) is 0 Å². The molecule has 0 aromatic heterocycles. The molecule has 6 heavy (non-hydrogen) atoms. The second kappa shape index (κ2) is 1.50. The third kappa shape index (κ3) is 0.586. The van der Waals surface area contributed by atoms with Crippen molar-refractivity contribution in [1.82, 2.24) is 0 Å². The minimum absolute atomic E-state index is 0.521. The Labute approximate surface area is 40.7 Å². The second-order valence-corrected chi connectivity index (χ2v) is 4.96.